The van der Waals surface area contributed by atoms with Gasteiger partial charge in [0.2, 0.25) is 0 Å². The van der Waals surface area contributed by atoms with Crippen molar-refractivity contribution in [2.24, 2.45) is 0 Å². The van der Waals surface area contributed by atoms with Crippen LogP contribution in [0.25, 0.3) is 0 Å². The molecule has 0 heterocycles. The third kappa shape index (κ3) is 9.88. The molecule has 0 bridgehead atoms. The maximum atomic E-state index is 11.1. The van der Waals surface area contributed by atoms with Gasteiger partial charge in [0, 0.05) is 18.8 Å². The van der Waals surface area contributed by atoms with Gasteiger partial charge in [0.05, 0.1) is 11.8 Å². The lowest BCUT2D eigenvalue weighted by Gasteiger charge is -2.26. The SMILES string of the molecule is CC(C)NC(C)(C#N)CCCN(C)CCS(C)(=O)=O. The average molecular weight is 289 g/mol. The van der Waals surface area contributed by atoms with Gasteiger partial charge in [0.15, 0.2) is 0 Å². The van der Waals surface area contributed by atoms with Crippen LogP contribution in [0.1, 0.15) is 33.6 Å². The first-order valence-electron chi connectivity index (χ1n) is 6.63. The number of nitriles is 1. The molecule has 0 aromatic rings. The van der Waals surface area contributed by atoms with Crippen LogP contribution in [0.2, 0.25) is 0 Å². The van der Waals surface area contributed by atoms with Crippen molar-refractivity contribution in [2.45, 2.75) is 45.2 Å². The monoisotopic (exact) mass is 289 g/mol. The first-order chi connectivity index (χ1) is 8.58. The van der Waals surface area contributed by atoms with E-state index in [0.29, 0.717) is 6.54 Å². The fourth-order valence-corrected chi connectivity index (χ4v) is 2.58. The van der Waals surface area contributed by atoms with Gasteiger partial charge < -0.3 is 4.90 Å². The van der Waals surface area contributed by atoms with Gasteiger partial charge in [-0.3, -0.25) is 5.32 Å². The molecule has 0 fully saturated rings. The van der Waals surface area contributed by atoms with E-state index >= 15 is 0 Å². The lowest BCUT2D eigenvalue weighted by molar-refractivity contribution is 0.309. The van der Waals surface area contributed by atoms with Crippen molar-refractivity contribution in [3.63, 3.8) is 0 Å². The zero-order chi connectivity index (χ0) is 15.1. The maximum absolute atomic E-state index is 11.1. The molecule has 1 N–H and O–H groups in total. The second-order valence-electron chi connectivity index (χ2n) is 5.78. The largest absolute Gasteiger partial charge is 0.305 e. The second-order valence-corrected chi connectivity index (χ2v) is 8.04. The molecule has 0 aliphatic carbocycles. The number of hydrogen-bond acceptors (Lipinski definition) is 5. The van der Waals surface area contributed by atoms with Crippen LogP contribution >= 0.6 is 0 Å². The normalized spacial score (nSPS) is 15.5. The first-order valence-corrected chi connectivity index (χ1v) is 8.69. The van der Waals surface area contributed by atoms with Crippen LogP contribution in [0.4, 0.5) is 0 Å². The summed E-state index contributed by atoms with van der Waals surface area (Å²) in [7, 11) is -0.992. The van der Waals surface area contributed by atoms with E-state index in [4.69, 9.17) is 0 Å². The summed E-state index contributed by atoms with van der Waals surface area (Å²) in [6.45, 7) is 7.29. The quantitative estimate of drug-likeness (QED) is 0.686. The molecule has 1 atom stereocenters. The van der Waals surface area contributed by atoms with E-state index in [1.54, 1.807) is 0 Å². The fraction of sp³-hybridized carbons (Fsp3) is 0.923. The molecule has 1 unspecified atom stereocenters. The molecule has 0 aliphatic heterocycles. The van der Waals surface area contributed by atoms with Gasteiger partial charge in [-0.25, -0.2) is 8.42 Å². The van der Waals surface area contributed by atoms with Gasteiger partial charge in [0.1, 0.15) is 15.4 Å². The van der Waals surface area contributed by atoms with E-state index in [1.165, 1.54) is 6.26 Å². The highest BCUT2D eigenvalue weighted by Crippen LogP contribution is 2.12. The third-order valence-electron chi connectivity index (χ3n) is 2.91. The van der Waals surface area contributed by atoms with Crippen molar-refractivity contribution < 1.29 is 8.42 Å². The molecule has 0 radical (unpaired) electrons. The molecule has 0 saturated carbocycles. The molecule has 0 amide bonds. The highest BCUT2D eigenvalue weighted by atomic mass is 32.2. The second kappa shape index (κ2) is 7.83. The number of nitrogens with one attached hydrogen (secondary N) is 1. The topological polar surface area (TPSA) is 73.2 Å². The van der Waals surface area contributed by atoms with E-state index in [9.17, 15) is 13.7 Å². The van der Waals surface area contributed by atoms with Gasteiger partial charge in [0.25, 0.3) is 0 Å². The van der Waals surface area contributed by atoms with Crippen molar-refractivity contribution in [1.29, 1.82) is 5.26 Å². The Morgan fingerprint density at radius 2 is 1.95 bits per heavy atom. The Labute approximate surface area is 117 Å². The zero-order valence-electron chi connectivity index (χ0n) is 12.7. The van der Waals surface area contributed by atoms with Crippen molar-refractivity contribution >= 4 is 9.84 Å². The minimum atomic E-state index is -2.90. The molecule has 0 aromatic heterocycles. The molecule has 0 aromatic carbocycles. The Bertz CT molecular complexity index is 401. The molecule has 0 saturated heterocycles. The Morgan fingerprint density at radius 1 is 1.37 bits per heavy atom. The van der Waals surface area contributed by atoms with E-state index in [0.717, 1.165) is 19.4 Å². The van der Waals surface area contributed by atoms with Gasteiger partial charge in [-0.2, -0.15) is 5.26 Å². The van der Waals surface area contributed by atoms with Crippen LogP contribution in [0.15, 0.2) is 0 Å². The lowest BCUT2D eigenvalue weighted by Crippen LogP contribution is -2.45. The third-order valence-corrected chi connectivity index (χ3v) is 3.84. The van der Waals surface area contributed by atoms with Crippen LogP contribution in [0.5, 0.6) is 0 Å². The number of sulfone groups is 1. The molecule has 0 rings (SSSR count). The van der Waals surface area contributed by atoms with Crippen LogP contribution in [-0.4, -0.2) is 57.0 Å². The average Bonchev–Trinajstić information content (AvgIpc) is 2.24. The van der Waals surface area contributed by atoms with E-state index < -0.39 is 15.4 Å². The van der Waals surface area contributed by atoms with E-state index in [2.05, 4.69) is 11.4 Å². The Hall–Kier alpha value is -0.640. The molecular formula is C13H27N3O2S. The minimum absolute atomic E-state index is 0.184. The minimum Gasteiger partial charge on any atom is -0.305 e. The summed E-state index contributed by atoms with van der Waals surface area (Å²) < 4.78 is 22.1. The predicted molar refractivity (Wildman–Crippen MR) is 78.7 cm³/mol. The van der Waals surface area contributed by atoms with Crippen LogP contribution in [0, 0.1) is 11.3 Å². The summed E-state index contributed by atoms with van der Waals surface area (Å²) in [5, 5.41) is 12.5. The molecule has 0 spiro atoms. The highest BCUT2D eigenvalue weighted by Gasteiger charge is 2.23. The smallest absolute Gasteiger partial charge is 0.148 e. The summed E-state index contributed by atoms with van der Waals surface area (Å²) in [4.78, 5) is 1.99. The summed E-state index contributed by atoms with van der Waals surface area (Å²) in [5.74, 6) is 0.184. The van der Waals surface area contributed by atoms with E-state index in [1.807, 2.05) is 32.7 Å². The van der Waals surface area contributed by atoms with Crippen molar-refractivity contribution in [1.82, 2.24) is 10.2 Å². The Balaban J connectivity index is 4.04. The fourth-order valence-electron chi connectivity index (χ4n) is 1.93. The van der Waals surface area contributed by atoms with Crippen LogP contribution in [0.3, 0.4) is 0 Å². The van der Waals surface area contributed by atoms with Crippen molar-refractivity contribution in [3.8, 4) is 6.07 Å². The summed E-state index contributed by atoms with van der Waals surface area (Å²) in [5.41, 5.74) is -0.508. The van der Waals surface area contributed by atoms with Crippen molar-refractivity contribution in [3.05, 3.63) is 0 Å². The standard InChI is InChI=1S/C13H27N3O2S/c1-12(2)15-13(3,11-14)7-6-8-16(4)9-10-19(5,17)18/h12,15H,6-10H2,1-5H3. The molecule has 6 heteroatoms. The van der Waals surface area contributed by atoms with Gasteiger partial charge in [-0.1, -0.05) is 0 Å². The molecular weight excluding hydrogens is 262 g/mol. The van der Waals surface area contributed by atoms with Crippen molar-refractivity contribution in [2.75, 3.05) is 32.1 Å². The van der Waals surface area contributed by atoms with Crippen LogP contribution < -0.4 is 5.32 Å². The summed E-state index contributed by atoms with van der Waals surface area (Å²) >= 11 is 0. The highest BCUT2D eigenvalue weighted by molar-refractivity contribution is 7.90. The maximum Gasteiger partial charge on any atom is 0.148 e. The van der Waals surface area contributed by atoms with Gasteiger partial charge in [-0.15, -0.1) is 0 Å². The molecule has 0 aliphatic rings. The first kappa shape index (κ1) is 18.4. The number of nitrogens with zero attached hydrogens (tertiary/aromatic N) is 2. The summed E-state index contributed by atoms with van der Waals surface area (Å²) in [6, 6.07) is 2.59. The predicted octanol–water partition coefficient (Wildman–Crippen LogP) is 1.02. The lowest BCUT2D eigenvalue weighted by atomic mass is 9.96. The zero-order valence-corrected chi connectivity index (χ0v) is 13.5. The van der Waals surface area contributed by atoms with E-state index in [-0.39, 0.29) is 11.8 Å². The Kier molecular flexibility index (Phi) is 7.57. The molecule has 112 valence electrons. The van der Waals surface area contributed by atoms with Gasteiger partial charge in [-0.05, 0) is 47.2 Å². The molecule has 19 heavy (non-hydrogen) atoms. The number of hydrogen-bond donors (Lipinski definition) is 1. The van der Waals surface area contributed by atoms with Crippen LogP contribution in [-0.2, 0) is 9.84 Å². The Morgan fingerprint density at radius 3 is 2.37 bits per heavy atom. The molecule has 5 nitrogen and oxygen atoms in total. The summed E-state index contributed by atoms with van der Waals surface area (Å²) in [6.07, 6.45) is 2.87. The van der Waals surface area contributed by atoms with Gasteiger partial charge >= 0.3 is 0 Å². The number of rotatable bonds is 9.